The van der Waals surface area contributed by atoms with Gasteiger partial charge in [0.1, 0.15) is 5.60 Å². The molecule has 4 rings (SSSR count). The maximum absolute atomic E-state index is 9.80. The van der Waals surface area contributed by atoms with Gasteiger partial charge in [-0.3, -0.25) is 0 Å². The first-order valence-electron chi connectivity index (χ1n) is 10.4. The summed E-state index contributed by atoms with van der Waals surface area (Å²) < 4.78 is 2.10. The van der Waals surface area contributed by atoms with E-state index in [9.17, 15) is 5.11 Å². The van der Waals surface area contributed by atoms with Crippen LogP contribution in [0.3, 0.4) is 0 Å². The van der Waals surface area contributed by atoms with Crippen LogP contribution in [0.1, 0.15) is 61.2 Å². The average molecular weight is 420 g/mol. The number of aromatic nitrogens is 2. The lowest BCUT2D eigenvalue weighted by Crippen LogP contribution is -2.33. The third-order valence-electron chi connectivity index (χ3n) is 5.36. The molecule has 1 atom stereocenters. The summed E-state index contributed by atoms with van der Waals surface area (Å²) in [6.07, 6.45) is 4.13. The fourth-order valence-electron chi connectivity index (χ4n) is 3.99. The molecule has 0 saturated heterocycles. The van der Waals surface area contributed by atoms with Crippen LogP contribution in [-0.4, -0.2) is 20.5 Å². The highest BCUT2D eigenvalue weighted by atomic mass is 32.1. The zero-order valence-corrected chi connectivity index (χ0v) is 18.9. The highest BCUT2D eigenvalue weighted by Gasteiger charge is 2.35. The summed E-state index contributed by atoms with van der Waals surface area (Å²) >= 11 is 1.68. The van der Waals surface area contributed by atoms with Gasteiger partial charge in [0.2, 0.25) is 0 Å². The predicted octanol–water partition coefficient (Wildman–Crippen LogP) is 4.86. The molecule has 2 heterocycles. The first-order chi connectivity index (χ1) is 14.2. The van der Waals surface area contributed by atoms with Gasteiger partial charge in [0.05, 0.1) is 16.8 Å². The largest absolute Gasteiger partial charge is 0.378 e. The third kappa shape index (κ3) is 4.84. The second-order valence-corrected chi connectivity index (χ2v) is 10.5. The molecular formula is C25H29N3OS. The van der Waals surface area contributed by atoms with Crippen LogP contribution in [0, 0.1) is 17.3 Å². The number of para-hydroxylation sites is 1. The minimum Gasteiger partial charge on any atom is -0.378 e. The number of nitrogens with one attached hydrogen (secondary N) is 1. The number of benzene rings is 1. The maximum atomic E-state index is 9.80. The molecule has 0 aliphatic heterocycles. The van der Waals surface area contributed by atoms with Gasteiger partial charge in [0.15, 0.2) is 0 Å². The molecule has 0 bridgehead atoms. The number of rotatable bonds is 4. The van der Waals surface area contributed by atoms with Gasteiger partial charge in [-0.05, 0) is 56.4 Å². The van der Waals surface area contributed by atoms with E-state index in [1.165, 1.54) is 16.1 Å². The van der Waals surface area contributed by atoms with Gasteiger partial charge in [0, 0.05) is 28.7 Å². The summed E-state index contributed by atoms with van der Waals surface area (Å²) in [6.45, 7) is 8.87. The molecule has 2 N–H and O–H groups in total. The lowest BCUT2D eigenvalue weighted by atomic mass is 9.74. The maximum Gasteiger partial charge on any atom is 0.120 e. The lowest BCUT2D eigenvalue weighted by molar-refractivity contribution is 0.143. The van der Waals surface area contributed by atoms with Crippen molar-refractivity contribution in [2.75, 3.05) is 0 Å². The standard InChI is InChI=1S/C25H29N3OS/c1-24(2)14-22(26-16-20-11-10-19(30-20)12-13-25(3,4)29)21-17-27-28(23(21)15-24)18-8-6-5-7-9-18/h5-11,17,22,26,29H,14-16H2,1-4H3/t22-/m1/s1. The summed E-state index contributed by atoms with van der Waals surface area (Å²) in [5.41, 5.74) is 2.96. The lowest BCUT2D eigenvalue weighted by Gasteiger charge is -2.36. The monoisotopic (exact) mass is 419 g/mol. The van der Waals surface area contributed by atoms with Gasteiger partial charge in [-0.1, -0.05) is 43.9 Å². The third-order valence-corrected chi connectivity index (χ3v) is 6.36. The average Bonchev–Trinajstić information content (AvgIpc) is 3.30. The number of fused-ring (bicyclic) bond motifs is 1. The van der Waals surface area contributed by atoms with Gasteiger partial charge < -0.3 is 10.4 Å². The molecule has 0 saturated carbocycles. The molecule has 1 aliphatic rings. The van der Waals surface area contributed by atoms with E-state index >= 15 is 0 Å². The molecule has 156 valence electrons. The van der Waals surface area contributed by atoms with E-state index in [4.69, 9.17) is 5.10 Å². The molecule has 1 aromatic carbocycles. The van der Waals surface area contributed by atoms with Crippen molar-refractivity contribution in [1.82, 2.24) is 15.1 Å². The highest BCUT2D eigenvalue weighted by molar-refractivity contribution is 7.12. The van der Waals surface area contributed by atoms with Crippen molar-refractivity contribution in [3.8, 4) is 17.5 Å². The Labute approximate surface area is 183 Å². The van der Waals surface area contributed by atoms with Crippen LogP contribution in [0.25, 0.3) is 5.69 Å². The number of aliphatic hydroxyl groups is 1. The van der Waals surface area contributed by atoms with E-state index in [-0.39, 0.29) is 11.5 Å². The second-order valence-electron chi connectivity index (χ2n) is 9.35. The van der Waals surface area contributed by atoms with E-state index < -0.39 is 5.60 Å². The van der Waals surface area contributed by atoms with Crippen LogP contribution >= 0.6 is 11.3 Å². The molecule has 2 aromatic heterocycles. The SMILES string of the molecule is CC(C)(O)C#Cc1ccc(CN[C@@H]2CC(C)(C)Cc3c2cnn3-c2ccccc2)s1. The Hall–Kier alpha value is -2.39. The zero-order chi connectivity index (χ0) is 21.4. The summed E-state index contributed by atoms with van der Waals surface area (Å²) in [7, 11) is 0. The fraction of sp³-hybridized carbons (Fsp3) is 0.400. The van der Waals surface area contributed by atoms with Gasteiger partial charge in [-0.15, -0.1) is 11.3 Å². The number of thiophene rings is 1. The van der Waals surface area contributed by atoms with E-state index in [1.54, 1.807) is 25.2 Å². The Morgan fingerprint density at radius 2 is 2.00 bits per heavy atom. The Balaban J connectivity index is 1.53. The van der Waals surface area contributed by atoms with Crippen molar-refractivity contribution in [2.45, 2.75) is 58.7 Å². The fourth-order valence-corrected chi connectivity index (χ4v) is 4.81. The Bertz CT molecular complexity index is 1080. The molecule has 0 radical (unpaired) electrons. The van der Waals surface area contributed by atoms with Gasteiger partial charge in [0.25, 0.3) is 0 Å². The molecule has 3 aromatic rings. The first-order valence-corrected chi connectivity index (χ1v) is 11.2. The van der Waals surface area contributed by atoms with Crippen LogP contribution in [0.15, 0.2) is 48.7 Å². The van der Waals surface area contributed by atoms with Crippen molar-refractivity contribution in [3.05, 3.63) is 69.7 Å². The molecule has 0 unspecified atom stereocenters. The molecule has 0 amide bonds. The van der Waals surface area contributed by atoms with Gasteiger partial charge in [-0.2, -0.15) is 5.10 Å². The second kappa shape index (κ2) is 8.03. The number of nitrogens with zero attached hydrogens (tertiary/aromatic N) is 2. The van der Waals surface area contributed by atoms with Crippen molar-refractivity contribution in [2.24, 2.45) is 5.41 Å². The van der Waals surface area contributed by atoms with Gasteiger partial charge >= 0.3 is 0 Å². The van der Waals surface area contributed by atoms with E-state index in [0.717, 1.165) is 30.0 Å². The Kier molecular flexibility index (Phi) is 5.59. The molecular weight excluding hydrogens is 390 g/mol. The normalized spacial score (nSPS) is 17.8. The van der Waals surface area contributed by atoms with Crippen LogP contribution < -0.4 is 5.32 Å². The topological polar surface area (TPSA) is 50.1 Å². The van der Waals surface area contributed by atoms with Gasteiger partial charge in [-0.25, -0.2) is 4.68 Å². The Morgan fingerprint density at radius 3 is 2.73 bits per heavy atom. The Morgan fingerprint density at radius 1 is 1.23 bits per heavy atom. The van der Waals surface area contributed by atoms with Crippen molar-refractivity contribution in [1.29, 1.82) is 0 Å². The van der Waals surface area contributed by atoms with E-state index in [0.29, 0.717) is 0 Å². The van der Waals surface area contributed by atoms with Crippen LogP contribution in [0.4, 0.5) is 0 Å². The summed E-state index contributed by atoms with van der Waals surface area (Å²) in [5.74, 6) is 5.95. The minimum atomic E-state index is -0.967. The minimum absolute atomic E-state index is 0.204. The molecule has 0 fully saturated rings. The quantitative estimate of drug-likeness (QED) is 0.594. The number of hydrogen-bond acceptors (Lipinski definition) is 4. The molecule has 4 nitrogen and oxygen atoms in total. The molecule has 1 aliphatic carbocycles. The van der Waals surface area contributed by atoms with Crippen LogP contribution in [-0.2, 0) is 13.0 Å². The number of hydrogen-bond donors (Lipinski definition) is 2. The first kappa shape index (κ1) is 20.9. The summed E-state index contributed by atoms with van der Waals surface area (Å²) in [5, 5.41) is 18.3. The highest BCUT2D eigenvalue weighted by Crippen LogP contribution is 2.41. The van der Waals surface area contributed by atoms with E-state index in [2.05, 4.69) is 66.0 Å². The molecule has 5 heteroatoms. The molecule has 0 spiro atoms. The van der Waals surface area contributed by atoms with Crippen molar-refractivity contribution in [3.63, 3.8) is 0 Å². The molecule has 30 heavy (non-hydrogen) atoms. The summed E-state index contributed by atoms with van der Waals surface area (Å²) in [6, 6.07) is 14.8. The van der Waals surface area contributed by atoms with Crippen LogP contribution in [0.5, 0.6) is 0 Å². The summed E-state index contributed by atoms with van der Waals surface area (Å²) in [4.78, 5) is 2.23. The zero-order valence-electron chi connectivity index (χ0n) is 18.1. The predicted molar refractivity (Wildman–Crippen MR) is 123 cm³/mol. The van der Waals surface area contributed by atoms with Crippen molar-refractivity contribution < 1.29 is 5.11 Å². The van der Waals surface area contributed by atoms with Crippen molar-refractivity contribution >= 4 is 11.3 Å². The van der Waals surface area contributed by atoms with Crippen LogP contribution in [0.2, 0.25) is 0 Å². The van der Waals surface area contributed by atoms with E-state index in [1.807, 2.05) is 18.3 Å². The smallest absolute Gasteiger partial charge is 0.120 e.